The second-order valence-corrected chi connectivity index (χ2v) is 5.36. The summed E-state index contributed by atoms with van der Waals surface area (Å²) in [6.45, 7) is 0. The summed E-state index contributed by atoms with van der Waals surface area (Å²) < 4.78 is 2.82. The van der Waals surface area contributed by atoms with E-state index < -0.39 is 0 Å². The van der Waals surface area contributed by atoms with Crippen molar-refractivity contribution in [1.29, 1.82) is 0 Å². The molecule has 17 heavy (non-hydrogen) atoms. The lowest BCUT2D eigenvalue weighted by Crippen LogP contribution is -2.23. The number of aromatic nitrogens is 3. The maximum Gasteiger partial charge on any atom is 0.180 e. The van der Waals surface area contributed by atoms with Crippen molar-refractivity contribution in [2.45, 2.75) is 38.1 Å². The number of hydrogen-bond donors (Lipinski definition) is 1. The van der Waals surface area contributed by atoms with E-state index in [1.54, 1.807) is 6.20 Å². The Morgan fingerprint density at radius 1 is 1.29 bits per heavy atom. The predicted molar refractivity (Wildman–Crippen MR) is 71.2 cm³/mol. The van der Waals surface area contributed by atoms with Gasteiger partial charge in [0.15, 0.2) is 11.5 Å². The second-order valence-electron chi connectivity index (χ2n) is 4.55. The zero-order valence-corrected chi connectivity index (χ0v) is 11.2. The van der Waals surface area contributed by atoms with Crippen LogP contribution in [0.4, 0.5) is 5.82 Å². The van der Waals surface area contributed by atoms with E-state index >= 15 is 0 Å². The molecule has 2 aromatic rings. The number of anilines is 1. The molecule has 0 unspecified atom stereocenters. The standard InChI is InChI=1S/C12H15BrN4/c13-10-8-17-7-6-14-12(17)11(16-10)15-9-4-2-1-3-5-9/h6-9H,1-5H2,(H,15,16). The van der Waals surface area contributed by atoms with E-state index in [0.29, 0.717) is 6.04 Å². The lowest BCUT2D eigenvalue weighted by molar-refractivity contribution is 0.462. The van der Waals surface area contributed by atoms with E-state index in [-0.39, 0.29) is 0 Å². The fourth-order valence-corrected chi connectivity index (χ4v) is 2.84. The van der Waals surface area contributed by atoms with Crippen molar-refractivity contribution >= 4 is 27.4 Å². The van der Waals surface area contributed by atoms with Crippen LogP contribution in [0.25, 0.3) is 5.65 Å². The Kier molecular flexibility index (Phi) is 3.01. The molecule has 1 N–H and O–H groups in total. The Balaban J connectivity index is 1.90. The molecule has 90 valence electrons. The van der Waals surface area contributed by atoms with Crippen molar-refractivity contribution in [1.82, 2.24) is 14.4 Å². The van der Waals surface area contributed by atoms with Gasteiger partial charge in [0.05, 0.1) is 0 Å². The first-order valence-corrected chi connectivity index (χ1v) is 6.88. The van der Waals surface area contributed by atoms with Gasteiger partial charge in [0.1, 0.15) is 4.60 Å². The summed E-state index contributed by atoms with van der Waals surface area (Å²) in [7, 11) is 0. The normalized spacial score (nSPS) is 17.5. The molecule has 0 amide bonds. The second kappa shape index (κ2) is 4.64. The average molecular weight is 295 g/mol. The molecule has 0 saturated heterocycles. The third-order valence-corrected chi connectivity index (χ3v) is 3.67. The van der Waals surface area contributed by atoms with E-state index in [9.17, 15) is 0 Å². The highest BCUT2D eigenvalue weighted by Crippen LogP contribution is 2.23. The van der Waals surface area contributed by atoms with Gasteiger partial charge in [-0.25, -0.2) is 9.97 Å². The summed E-state index contributed by atoms with van der Waals surface area (Å²) >= 11 is 3.43. The van der Waals surface area contributed by atoms with Gasteiger partial charge < -0.3 is 9.72 Å². The summed E-state index contributed by atoms with van der Waals surface area (Å²) in [5.41, 5.74) is 0.902. The molecule has 1 aliphatic carbocycles. The van der Waals surface area contributed by atoms with Crippen LogP contribution in [0, 0.1) is 0 Å². The summed E-state index contributed by atoms with van der Waals surface area (Å²) in [5.74, 6) is 0.885. The maximum atomic E-state index is 4.49. The molecule has 2 aromatic heterocycles. The summed E-state index contributed by atoms with van der Waals surface area (Å²) in [4.78, 5) is 8.83. The fourth-order valence-electron chi connectivity index (χ4n) is 2.44. The lowest BCUT2D eigenvalue weighted by atomic mass is 9.95. The van der Waals surface area contributed by atoms with Crippen molar-refractivity contribution < 1.29 is 0 Å². The van der Waals surface area contributed by atoms with Crippen molar-refractivity contribution in [3.63, 3.8) is 0 Å². The highest BCUT2D eigenvalue weighted by atomic mass is 79.9. The third kappa shape index (κ3) is 2.29. The van der Waals surface area contributed by atoms with E-state index in [2.05, 4.69) is 31.2 Å². The first-order chi connectivity index (χ1) is 8.33. The molecule has 0 aliphatic heterocycles. The van der Waals surface area contributed by atoms with Crippen molar-refractivity contribution in [3.05, 3.63) is 23.2 Å². The number of imidazole rings is 1. The highest BCUT2D eigenvalue weighted by Gasteiger charge is 2.15. The molecule has 1 saturated carbocycles. The molecular formula is C12H15BrN4. The average Bonchev–Trinajstić information content (AvgIpc) is 2.78. The fraction of sp³-hybridized carbons (Fsp3) is 0.500. The zero-order valence-electron chi connectivity index (χ0n) is 9.56. The molecule has 0 bridgehead atoms. The van der Waals surface area contributed by atoms with E-state index in [4.69, 9.17) is 0 Å². The lowest BCUT2D eigenvalue weighted by Gasteiger charge is -2.23. The van der Waals surface area contributed by atoms with Gasteiger partial charge in [-0.2, -0.15) is 0 Å². The van der Waals surface area contributed by atoms with Gasteiger partial charge in [-0.1, -0.05) is 19.3 Å². The van der Waals surface area contributed by atoms with Gasteiger partial charge in [0, 0.05) is 24.6 Å². The molecule has 1 aliphatic rings. The minimum absolute atomic E-state index is 0.547. The van der Waals surface area contributed by atoms with E-state index in [1.165, 1.54) is 32.1 Å². The number of rotatable bonds is 2. The Bertz CT molecular complexity index is 516. The van der Waals surface area contributed by atoms with Gasteiger partial charge in [-0.15, -0.1) is 0 Å². The first kappa shape index (κ1) is 11.0. The Labute approximate surface area is 109 Å². The van der Waals surface area contributed by atoms with Crippen molar-refractivity contribution in [2.24, 2.45) is 0 Å². The highest BCUT2D eigenvalue weighted by molar-refractivity contribution is 9.10. The van der Waals surface area contributed by atoms with E-state index in [0.717, 1.165) is 16.1 Å². The topological polar surface area (TPSA) is 42.2 Å². The summed E-state index contributed by atoms with van der Waals surface area (Å²) in [5, 5.41) is 3.53. The number of fused-ring (bicyclic) bond motifs is 1. The Morgan fingerprint density at radius 3 is 2.94 bits per heavy atom. The summed E-state index contributed by atoms with van der Waals surface area (Å²) in [6.07, 6.45) is 12.1. The van der Waals surface area contributed by atoms with Gasteiger partial charge in [-0.05, 0) is 28.8 Å². The minimum atomic E-state index is 0.547. The molecule has 2 heterocycles. The van der Waals surface area contributed by atoms with Gasteiger partial charge in [0.2, 0.25) is 0 Å². The SMILES string of the molecule is Brc1cn2ccnc2c(NC2CCCCC2)n1. The largest absolute Gasteiger partial charge is 0.364 e. The number of halogens is 1. The first-order valence-electron chi connectivity index (χ1n) is 6.09. The molecule has 1 fully saturated rings. The van der Waals surface area contributed by atoms with Gasteiger partial charge in [-0.3, -0.25) is 0 Å². The molecular weight excluding hydrogens is 280 g/mol. The van der Waals surface area contributed by atoms with Gasteiger partial charge in [0.25, 0.3) is 0 Å². The monoisotopic (exact) mass is 294 g/mol. The maximum absolute atomic E-state index is 4.49. The van der Waals surface area contributed by atoms with Crippen LogP contribution in [0.15, 0.2) is 23.2 Å². The third-order valence-electron chi connectivity index (χ3n) is 3.29. The molecule has 0 atom stereocenters. The van der Waals surface area contributed by atoms with Crippen LogP contribution < -0.4 is 5.32 Å². The van der Waals surface area contributed by atoms with Crippen LogP contribution in [0.1, 0.15) is 32.1 Å². The smallest absolute Gasteiger partial charge is 0.180 e. The minimum Gasteiger partial charge on any atom is -0.364 e. The zero-order chi connectivity index (χ0) is 11.7. The quantitative estimate of drug-likeness (QED) is 0.925. The van der Waals surface area contributed by atoms with Crippen LogP contribution in [0.3, 0.4) is 0 Å². The predicted octanol–water partition coefficient (Wildman–Crippen LogP) is 3.24. The van der Waals surface area contributed by atoms with Crippen LogP contribution in [0.5, 0.6) is 0 Å². The van der Waals surface area contributed by atoms with Crippen molar-refractivity contribution in [2.75, 3.05) is 5.32 Å². The molecule has 0 aromatic carbocycles. The summed E-state index contributed by atoms with van der Waals surface area (Å²) in [6, 6.07) is 0.547. The van der Waals surface area contributed by atoms with Crippen molar-refractivity contribution in [3.8, 4) is 0 Å². The van der Waals surface area contributed by atoms with Crippen LogP contribution in [0.2, 0.25) is 0 Å². The molecule has 3 rings (SSSR count). The number of hydrogen-bond acceptors (Lipinski definition) is 3. The van der Waals surface area contributed by atoms with Crippen LogP contribution >= 0.6 is 15.9 Å². The van der Waals surface area contributed by atoms with Crippen LogP contribution in [-0.4, -0.2) is 20.4 Å². The molecule has 5 heteroatoms. The molecule has 4 nitrogen and oxygen atoms in total. The van der Waals surface area contributed by atoms with Crippen LogP contribution in [-0.2, 0) is 0 Å². The Hall–Kier alpha value is -1.10. The molecule has 0 spiro atoms. The number of nitrogens with one attached hydrogen (secondary N) is 1. The molecule has 0 radical (unpaired) electrons. The van der Waals surface area contributed by atoms with Gasteiger partial charge >= 0.3 is 0 Å². The Morgan fingerprint density at radius 2 is 2.12 bits per heavy atom. The van der Waals surface area contributed by atoms with E-state index in [1.807, 2.05) is 16.8 Å². The number of nitrogens with zero attached hydrogens (tertiary/aromatic N) is 3.